The fourth-order valence-corrected chi connectivity index (χ4v) is 3.28. The Hall–Kier alpha value is -1.34. The summed E-state index contributed by atoms with van der Waals surface area (Å²) >= 11 is 4.87. The number of hydrogen-bond acceptors (Lipinski definition) is 4. The first kappa shape index (κ1) is 18.0. The van der Waals surface area contributed by atoms with Crippen molar-refractivity contribution in [1.82, 2.24) is 20.1 Å². The van der Waals surface area contributed by atoms with Crippen LogP contribution >= 0.6 is 27.7 Å². The number of hydrogen-bond donors (Lipinski definition) is 1. The predicted octanol–water partition coefficient (Wildman–Crippen LogP) is 3.97. The monoisotopic (exact) mass is 396 g/mol. The van der Waals surface area contributed by atoms with Crippen LogP contribution in [-0.4, -0.2) is 44.8 Å². The Balaban J connectivity index is 1.94. The number of carbonyl (C=O) groups excluding carboxylic acids is 1. The van der Waals surface area contributed by atoms with Gasteiger partial charge < -0.3 is 4.90 Å². The fraction of sp³-hybridized carbons (Fsp3) is 0.438. The smallest absolute Gasteiger partial charge is 0.233 e. The van der Waals surface area contributed by atoms with Gasteiger partial charge in [-0.25, -0.2) is 4.98 Å². The molecule has 2 rings (SSSR count). The van der Waals surface area contributed by atoms with Crippen LogP contribution in [0.15, 0.2) is 33.9 Å². The van der Waals surface area contributed by atoms with E-state index < -0.39 is 0 Å². The van der Waals surface area contributed by atoms with E-state index in [1.165, 1.54) is 11.8 Å². The van der Waals surface area contributed by atoms with Gasteiger partial charge in [0, 0.05) is 23.1 Å². The van der Waals surface area contributed by atoms with Crippen LogP contribution < -0.4 is 0 Å². The van der Waals surface area contributed by atoms with Gasteiger partial charge in [0.25, 0.3) is 0 Å². The van der Waals surface area contributed by atoms with Gasteiger partial charge in [0.05, 0.1) is 5.75 Å². The lowest BCUT2D eigenvalue weighted by Crippen LogP contribution is -2.33. The molecule has 0 aliphatic heterocycles. The molecule has 0 fully saturated rings. The Morgan fingerprint density at radius 3 is 2.83 bits per heavy atom. The van der Waals surface area contributed by atoms with Gasteiger partial charge in [-0.05, 0) is 19.4 Å². The maximum absolute atomic E-state index is 12.2. The van der Waals surface area contributed by atoms with Gasteiger partial charge in [-0.3, -0.25) is 9.89 Å². The molecule has 124 valence electrons. The summed E-state index contributed by atoms with van der Waals surface area (Å²) < 4.78 is 0.959. The quantitative estimate of drug-likeness (QED) is 0.685. The van der Waals surface area contributed by atoms with Crippen molar-refractivity contribution in [2.75, 3.05) is 18.8 Å². The molecule has 0 spiro atoms. The number of benzene rings is 1. The van der Waals surface area contributed by atoms with Gasteiger partial charge in [-0.2, -0.15) is 0 Å². The molecule has 0 atom stereocenters. The average Bonchev–Trinajstić information content (AvgIpc) is 3.03. The van der Waals surface area contributed by atoms with Crippen LogP contribution in [0.3, 0.4) is 0 Å². The summed E-state index contributed by atoms with van der Waals surface area (Å²) in [6.07, 6.45) is 2.13. The molecule has 0 aliphatic carbocycles. The van der Waals surface area contributed by atoms with E-state index in [2.05, 4.69) is 38.0 Å². The number of aromatic nitrogens is 3. The molecule has 0 unspecified atom stereocenters. The molecule has 2 aromatic rings. The standard InChI is InChI=1S/C16H21BrN4OS/c1-3-5-10-21(4-2)14(22)11-23-16-18-15(19-20-16)12-8-6-7-9-13(12)17/h6-9H,3-5,10-11H2,1-2H3,(H,18,19,20). The molecule has 0 radical (unpaired) electrons. The number of carbonyl (C=O) groups is 1. The topological polar surface area (TPSA) is 61.9 Å². The number of halogens is 1. The molecule has 23 heavy (non-hydrogen) atoms. The van der Waals surface area contributed by atoms with E-state index in [4.69, 9.17) is 0 Å². The number of rotatable bonds is 8. The summed E-state index contributed by atoms with van der Waals surface area (Å²) in [6, 6.07) is 7.83. The molecule has 1 heterocycles. The molecule has 1 amide bonds. The zero-order valence-corrected chi connectivity index (χ0v) is 15.8. The maximum atomic E-state index is 12.2. The van der Waals surface area contributed by atoms with Crippen molar-refractivity contribution in [3.05, 3.63) is 28.7 Å². The van der Waals surface area contributed by atoms with Crippen molar-refractivity contribution in [1.29, 1.82) is 0 Å². The predicted molar refractivity (Wildman–Crippen MR) is 97.4 cm³/mol. The second-order valence-electron chi connectivity index (χ2n) is 5.06. The summed E-state index contributed by atoms with van der Waals surface area (Å²) in [5, 5.41) is 7.71. The Morgan fingerprint density at radius 2 is 2.13 bits per heavy atom. The molecule has 1 aromatic heterocycles. The van der Waals surface area contributed by atoms with Gasteiger partial charge in [-0.15, -0.1) is 5.10 Å². The van der Waals surface area contributed by atoms with Gasteiger partial charge in [-0.1, -0.05) is 59.2 Å². The van der Waals surface area contributed by atoms with Crippen molar-refractivity contribution < 1.29 is 4.79 Å². The Morgan fingerprint density at radius 1 is 1.35 bits per heavy atom. The molecular formula is C16H21BrN4OS. The van der Waals surface area contributed by atoms with E-state index in [1.54, 1.807) is 0 Å². The second-order valence-corrected chi connectivity index (χ2v) is 6.86. The largest absolute Gasteiger partial charge is 0.342 e. The number of unbranched alkanes of at least 4 members (excludes halogenated alkanes) is 1. The van der Waals surface area contributed by atoms with E-state index >= 15 is 0 Å². The molecule has 0 saturated carbocycles. The number of nitrogens with zero attached hydrogens (tertiary/aromatic N) is 3. The van der Waals surface area contributed by atoms with Crippen molar-refractivity contribution in [3.8, 4) is 11.4 Å². The zero-order chi connectivity index (χ0) is 16.7. The first-order valence-corrected chi connectivity index (χ1v) is 9.51. The molecule has 5 nitrogen and oxygen atoms in total. The lowest BCUT2D eigenvalue weighted by molar-refractivity contribution is -0.128. The van der Waals surface area contributed by atoms with Crippen LogP contribution in [0, 0.1) is 0 Å². The van der Waals surface area contributed by atoms with E-state index in [9.17, 15) is 4.79 Å². The van der Waals surface area contributed by atoms with Crippen molar-refractivity contribution in [3.63, 3.8) is 0 Å². The Kier molecular flexibility index (Phi) is 7.11. The molecule has 1 N–H and O–H groups in total. The Labute approximate surface area is 149 Å². The first-order valence-electron chi connectivity index (χ1n) is 7.73. The SMILES string of the molecule is CCCCN(CC)C(=O)CSc1n[nH]c(-c2ccccc2Br)n1. The highest BCUT2D eigenvalue weighted by Crippen LogP contribution is 2.26. The minimum absolute atomic E-state index is 0.137. The number of amides is 1. The number of thioether (sulfide) groups is 1. The van der Waals surface area contributed by atoms with Gasteiger partial charge in [0.1, 0.15) is 0 Å². The third-order valence-corrected chi connectivity index (χ3v) is 4.96. The average molecular weight is 397 g/mol. The van der Waals surface area contributed by atoms with Gasteiger partial charge in [0.15, 0.2) is 5.82 Å². The zero-order valence-electron chi connectivity index (χ0n) is 13.4. The molecule has 0 saturated heterocycles. The lowest BCUT2D eigenvalue weighted by Gasteiger charge is -2.19. The summed E-state index contributed by atoms with van der Waals surface area (Å²) in [4.78, 5) is 18.6. The first-order chi connectivity index (χ1) is 11.2. The normalized spacial score (nSPS) is 10.7. The summed E-state index contributed by atoms with van der Waals surface area (Å²) in [5.74, 6) is 1.20. The minimum Gasteiger partial charge on any atom is -0.342 e. The highest BCUT2D eigenvalue weighted by Gasteiger charge is 2.14. The molecule has 1 aromatic carbocycles. The molecule has 0 bridgehead atoms. The molecular weight excluding hydrogens is 376 g/mol. The lowest BCUT2D eigenvalue weighted by atomic mass is 10.2. The maximum Gasteiger partial charge on any atom is 0.233 e. The summed E-state index contributed by atoms with van der Waals surface area (Å²) in [6.45, 7) is 5.71. The summed E-state index contributed by atoms with van der Waals surface area (Å²) in [5.41, 5.74) is 0.955. The van der Waals surface area contributed by atoms with Crippen molar-refractivity contribution in [2.45, 2.75) is 31.8 Å². The summed E-state index contributed by atoms with van der Waals surface area (Å²) in [7, 11) is 0. The third-order valence-electron chi connectivity index (χ3n) is 3.43. The molecule has 7 heteroatoms. The number of H-pyrrole nitrogens is 1. The van der Waals surface area contributed by atoms with E-state index in [0.29, 0.717) is 16.7 Å². The van der Waals surface area contributed by atoms with Crippen LogP contribution in [-0.2, 0) is 4.79 Å². The Bertz CT molecular complexity index is 647. The fourth-order valence-electron chi connectivity index (χ4n) is 2.11. The van der Waals surface area contributed by atoms with Gasteiger partial charge >= 0.3 is 0 Å². The van der Waals surface area contributed by atoms with Crippen LogP contribution in [0.1, 0.15) is 26.7 Å². The van der Waals surface area contributed by atoms with Crippen LogP contribution in [0.25, 0.3) is 11.4 Å². The highest BCUT2D eigenvalue weighted by molar-refractivity contribution is 9.10. The third kappa shape index (κ3) is 5.07. The second kappa shape index (κ2) is 9.08. The minimum atomic E-state index is 0.137. The number of nitrogens with one attached hydrogen (secondary N) is 1. The van der Waals surface area contributed by atoms with Crippen LogP contribution in [0.5, 0.6) is 0 Å². The van der Waals surface area contributed by atoms with Crippen molar-refractivity contribution in [2.24, 2.45) is 0 Å². The van der Waals surface area contributed by atoms with E-state index in [0.717, 1.165) is 36.0 Å². The van der Waals surface area contributed by atoms with Gasteiger partial charge in [0.2, 0.25) is 11.1 Å². The number of aromatic amines is 1. The van der Waals surface area contributed by atoms with Crippen molar-refractivity contribution >= 4 is 33.6 Å². The van der Waals surface area contributed by atoms with Crippen LogP contribution in [0.2, 0.25) is 0 Å². The van der Waals surface area contributed by atoms with E-state index in [1.807, 2.05) is 36.1 Å². The van der Waals surface area contributed by atoms with Crippen LogP contribution in [0.4, 0.5) is 0 Å². The highest BCUT2D eigenvalue weighted by atomic mass is 79.9. The van der Waals surface area contributed by atoms with E-state index in [-0.39, 0.29) is 5.91 Å². The molecule has 0 aliphatic rings.